The van der Waals surface area contributed by atoms with Crippen molar-refractivity contribution in [3.63, 3.8) is 0 Å². The lowest BCUT2D eigenvalue weighted by Crippen LogP contribution is -2.21. The maximum absolute atomic E-state index is 4.78. The number of aryl methyl sites for hydroxylation is 4. The van der Waals surface area contributed by atoms with Gasteiger partial charge in [0, 0.05) is 11.8 Å². The minimum Gasteiger partial charge on any atom is -0.0955 e. The van der Waals surface area contributed by atoms with Crippen LogP contribution in [0.3, 0.4) is 0 Å². The molecule has 2 atom stereocenters. The van der Waals surface area contributed by atoms with Gasteiger partial charge in [0.2, 0.25) is 0 Å². The monoisotopic (exact) mass is 524 g/mol. The topological polar surface area (TPSA) is 0 Å². The van der Waals surface area contributed by atoms with Crippen LogP contribution in [-0.2, 0) is 12.8 Å². The molecule has 2 unspecified atom stereocenters. The van der Waals surface area contributed by atoms with Gasteiger partial charge in [0.25, 0.3) is 0 Å². The van der Waals surface area contributed by atoms with Crippen LogP contribution in [0, 0.1) is 26.7 Å². The molecule has 6 rings (SSSR count). The van der Waals surface area contributed by atoms with Gasteiger partial charge in [-0.25, -0.2) is 0 Å². The van der Waals surface area contributed by atoms with E-state index in [1.165, 1.54) is 91.7 Å². The second-order valence-electron chi connectivity index (χ2n) is 12.7. The van der Waals surface area contributed by atoms with E-state index in [4.69, 9.17) is 6.58 Å². The molecule has 0 nitrogen and oxygen atoms in total. The van der Waals surface area contributed by atoms with E-state index in [-0.39, 0.29) is 0 Å². The van der Waals surface area contributed by atoms with E-state index < -0.39 is 0 Å². The lowest BCUT2D eigenvalue weighted by molar-refractivity contribution is 0.618. The minimum atomic E-state index is 0.313. The molecule has 0 spiro atoms. The molecule has 2 aromatic rings. The summed E-state index contributed by atoms with van der Waals surface area (Å²) in [7, 11) is 0. The maximum Gasteiger partial charge on any atom is 0.0201 e. The molecule has 0 heteroatoms. The van der Waals surface area contributed by atoms with Crippen LogP contribution in [0.1, 0.15) is 90.8 Å². The van der Waals surface area contributed by atoms with Crippen molar-refractivity contribution in [2.45, 2.75) is 85.5 Å². The number of hydrogen-bond acceptors (Lipinski definition) is 0. The number of hydrogen-bond donors (Lipinski definition) is 0. The Morgan fingerprint density at radius 3 is 2.42 bits per heavy atom. The van der Waals surface area contributed by atoms with Crippen molar-refractivity contribution in [2.75, 3.05) is 0 Å². The van der Waals surface area contributed by atoms with Gasteiger partial charge >= 0.3 is 0 Å². The smallest absolute Gasteiger partial charge is 0.0201 e. The first-order chi connectivity index (χ1) is 19.2. The lowest BCUT2D eigenvalue weighted by atomic mass is 9.69. The van der Waals surface area contributed by atoms with Crippen LogP contribution in [-0.4, -0.2) is 0 Å². The summed E-state index contributed by atoms with van der Waals surface area (Å²) in [5.41, 5.74) is 21.3. The Bertz CT molecular complexity index is 1570. The first-order valence-corrected chi connectivity index (χ1v) is 15.3. The first-order valence-electron chi connectivity index (χ1n) is 15.3. The van der Waals surface area contributed by atoms with Gasteiger partial charge in [0.15, 0.2) is 0 Å². The Hall–Kier alpha value is -3.38. The molecule has 0 bridgehead atoms. The highest BCUT2D eigenvalue weighted by Crippen LogP contribution is 2.55. The van der Waals surface area contributed by atoms with Crippen LogP contribution in [0.15, 0.2) is 107 Å². The summed E-state index contributed by atoms with van der Waals surface area (Å²) in [6.07, 6.45) is 17.5. The van der Waals surface area contributed by atoms with Crippen LogP contribution in [0.25, 0.3) is 5.57 Å². The van der Waals surface area contributed by atoms with Crippen molar-refractivity contribution >= 4 is 5.57 Å². The molecular formula is C40H44. The van der Waals surface area contributed by atoms with E-state index in [1.807, 2.05) is 0 Å². The summed E-state index contributed by atoms with van der Waals surface area (Å²) >= 11 is 0. The van der Waals surface area contributed by atoms with Crippen molar-refractivity contribution < 1.29 is 0 Å². The third-order valence-corrected chi connectivity index (χ3v) is 10.0. The standard InChI is InChI=1S/C40H44/c1-8-10-24(2)38-27(5)19-37-23-35(21-30-13-14-33(20-30)36-17-25(3)28(6)26(4)18-36)29(7)39(37)40(38)34-16-15-31-11-9-12-32(31)22-34/h13-19,21-22,39-40H,2,7-12,20,23H2,1,3-6H3. The van der Waals surface area contributed by atoms with Gasteiger partial charge in [-0.2, -0.15) is 0 Å². The first kappa shape index (κ1) is 26.8. The van der Waals surface area contributed by atoms with Crippen molar-refractivity contribution in [1.29, 1.82) is 0 Å². The fraction of sp³-hybridized carbons (Fsp3) is 0.350. The van der Waals surface area contributed by atoms with Gasteiger partial charge in [0.05, 0.1) is 0 Å². The zero-order chi connectivity index (χ0) is 28.1. The summed E-state index contributed by atoms with van der Waals surface area (Å²) in [6.45, 7) is 20.7. The minimum absolute atomic E-state index is 0.313. The summed E-state index contributed by atoms with van der Waals surface area (Å²) in [4.78, 5) is 0. The summed E-state index contributed by atoms with van der Waals surface area (Å²) < 4.78 is 0. The van der Waals surface area contributed by atoms with Crippen molar-refractivity contribution in [3.05, 3.63) is 146 Å². The van der Waals surface area contributed by atoms with E-state index >= 15 is 0 Å². The number of allylic oxidation sites excluding steroid dienone is 12. The van der Waals surface area contributed by atoms with E-state index in [9.17, 15) is 0 Å². The average Bonchev–Trinajstić information content (AvgIpc) is 3.65. The lowest BCUT2D eigenvalue weighted by Gasteiger charge is -2.35. The van der Waals surface area contributed by atoms with E-state index in [0.29, 0.717) is 11.8 Å². The Kier molecular flexibility index (Phi) is 7.07. The van der Waals surface area contributed by atoms with Gasteiger partial charge in [0.1, 0.15) is 0 Å². The van der Waals surface area contributed by atoms with Gasteiger partial charge in [-0.05, 0) is 139 Å². The molecule has 0 aromatic heterocycles. The zero-order valence-electron chi connectivity index (χ0n) is 25.2. The predicted molar refractivity (Wildman–Crippen MR) is 173 cm³/mol. The van der Waals surface area contributed by atoms with E-state index in [2.05, 4.69) is 95.8 Å². The number of fused-ring (bicyclic) bond motifs is 2. The van der Waals surface area contributed by atoms with Crippen LogP contribution in [0.4, 0.5) is 0 Å². The Morgan fingerprint density at radius 1 is 0.925 bits per heavy atom. The molecular weight excluding hydrogens is 480 g/mol. The average molecular weight is 525 g/mol. The van der Waals surface area contributed by atoms with E-state index in [1.54, 1.807) is 11.1 Å². The Balaban J connectivity index is 1.31. The summed E-state index contributed by atoms with van der Waals surface area (Å²) in [5, 5.41) is 0. The largest absolute Gasteiger partial charge is 0.0955 e. The van der Waals surface area contributed by atoms with Crippen LogP contribution in [0.5, 0.6) is 0 Å². The Labute approximate surface area is 242 Å². The number of rotatable bonds is 6. The van der Waals surface area contributed by atoms with Crippen LogP contribution in [0.2, 0.25) is 0 Å². The predicted octanol–water partition coefficient (Wildman–Crippen LogP) is 10.7. The SMILES string of the molecule is C=C(CCC)C1=C(C)C=C2CC(=CC3=CC=C(c4cc(C)c(C)c(C)c4)C3)C(=C)C2C1c1ccc2c(c1)CCC2. The molecule has 0 aliphatic heterocycles. The summed E-state index contributed by atoms with van der Waals surface area (Å²) in [6, 6.07) is 12.1. The number of benzene rings is 2. The third kappa shape index (κ3) is 4.66. The molecule has 0 amide bonds. The summed E-state index contributed by atoms with van der Waals surface area (Å²) in [5.74, 6) is 0.642. The molecule has 4 aliphatic carbocycles. The van der Waals surface area contributed by atoms with Crippen molar-refractivity contribution in [3.8, 4) is 0 Å². The van der Waals surface area contributed by atoms with Gasteiger partial charge in [-0.15, -0.1) is 0 Å². The highest BCUT2D eigenvalue weighted by molar-refractivity contribution is 5.75. The molecule has 2 aromatic carbocycles. The molecule has 40 heavy (non-hydrogen) atoms. The van der Waals surface area contributed by atoms with Crippen molar-refractivity contribution in [2.24, 2.45) is 5.92 Å². The fourth-order valence-corrected chi connectivity index (χ4v) is 7.70. The molecule has 0 radical (unpaired) electrons. The van der Waals surface area contributed by atoms with Crippen LogP contribution < -0.4 is 0 Å². The normalized spacial score (nSPS) is 22.9. The molecule has 0 heterocycles. The van der Waals surface area contributed by atoms with Crippen LogP contribution >= 0.6 is 0 Å². The van der Waals surface area contributed by atoms with Gasteiger partial charge in [-0.3, -0.25) is 0 Å². The molecule has 0 saturated heterocycles. The third-order valence-electron chi connectivity index (χ3n) is 10.0. The maximum atomic E-state index is 4.78. The second-order valence-corrected chi connectivity index (χ2v) is 12.7. The molecule has 1 saturated carbocycles. The Morgan fingerprint density at radius 2 is 1.68 bits per heavy atom. The fourth-order valence-electron chi connectivity index (χ4n) is 7.70. The zero-order valence-corrected chi connectivity index (χ0v) is 25.2. The highest BCUT2D eigenvalue weighted by atomic mass is 14.4. The van der Waals surface area contributed by atoms with Gasteiger partial charge < -0.3 is 0 Å². The second kappa shape index (κ2) is 10.5. The molecule has 0 N–H and O–H groups in total. The molecule has 204 valence electrons. The van der Waals surface area contributed by atoms with Gasteiger partial charge in [-0.1, -0.05) is 92.3 Å². The van der Waals surface area contributed by atoms with E-state index in [0.717, 1.165) is 25.7 Å². The highest BCUT2D eigenvalue weighted by Gasteiger charge is 2.41. The molecule has 1 fully saturated rings. The molecule has 4 aliphatic rings. The van der Waals surface area contributed by atoms with Crippen molar-refractivity contribution in [1.82, 2.24) is 0 Å². The quantitative estimate of drug-likeness (QED) is 0.352.